The third kappa shape index (κ3) is 3.11. The highest BCUT2D eigenvalue weighted by molar-refractivity contribution is 5.92. The lowest BCUT2D eigenvalue weighted by Crippen LogP contribution is -2.22. The molecule has 1 N–H and O–H groups in total. The number of nitriles is 1. The van der Waals surface area contributed by atoms with E-state index >= 15 is 0 Å². The van der Waals surface area contributed by atoms with E-state index in [1.807, 2.05) is 24.3 Å². The van der Waals surface area contributed by atoms with Crippen LogP contribution in [0.1, 0.15) is 31.4 Å². The summed E-state index contributed by atoms with van der Waals surface area (Å²) in [5.74, 6) is 0. The molecule has 1 aliphatic rings. The summed E-state index contributed by atoms with van der Waals surface area (Å²) in [6.45, 7) is 1.64. The van der Waals surface area contributed by atoms with E-state index in [1.165, 1.54) is 12.8 Å². The SMILES string of the molecule is N#Cc1nnc2ccccc2c1NCCC1CCCCO1. The molecule has 0 aliphatic carbocycles. The molecule has 2 heterocycles. The molecule has 0 spiro atoms. The molecule has 0 radical (unpaired) electrons. The van der Waals surface area contributed by atoms with Crippen molar-refractivity contribution in [2.45, 2.75) is 31.8 Å². The van der Waals surface area contributed by atoms with Gasteiger partial charge in [0.15, 0.2) is 5.69 Å². The highest BCUT2D eigenvalue weighted by Gasteiger charge is 2.14. The zero-order chi connectivity index (χ0) is 14.5. The lowest BCUT2D eigenvalue weighted by Gasteiger charge is -2.22. The predicted octanol–water partition coefficient (Wildman–Crippen LogP) is 2.87. The lowest BCUT2D eigenvalue weighted by atomic mass is 10.1. The molecule has 1 aliphatic heterocycles. The molecule has 5 heteroatoms. The van der Waals surface area contributed by atoms with Crippen molar-refractivity contribution in [1.82, 2.24) is 10.2 Å². The summed E-state index contributed by atoms with van der Waals surface area (Å²) in [6.07, 6.45) is 4.82. The Balaban J connectivity index is 1.74. The molecule has 108 valence electrons. The van der Waals surface area contributed by atoms with Crippen LogP contribution in [0.4, 0.5) is 5.69 Å². The van der Waals surface area contributed by atoms with Gasteiger partial charge in [-0.2, -0.15) is 5.26 Å². The number of fused-ring (bicyclic) bond motifs is 1. The predicted molar refractivity (Wildman–Crippen MR) is 81.0 cm³/mol. The van der Waals surface area contributed by atoms with Crippen LogP contribution in [-0.4, -0.2) is 29.5 Å². The number of benzene rings is 1. The highest BCUT2D eigenvalue weighted by Crippen LogP contribution is 2.24. The van der Waals surface area contributed by atoms with Crippen molar-refractivity contribution in [3.05, 3.63) is 30.0 Å². The number of hydrogen-bond donors (Lipinski definition) is 1. The quantitative estimate of drug-likeness (QED) is 0.933. The third-order valence-corrected chi connectivity index (χ3v) is 3.82. The smallest absolute Gasteiger partial charge is 0.186 e. The zero-order valence-corrected chi connectivity index (χ0v) is 11.9. The first kappa shape index (κ1) is 13.8. The fourth-order valence-electron chi connectivity index (χ4n) is 2.70. The largest absolute Gasteiger partial charge is 0.382 e. The van der Waals surface area contributed by atoms with Gasteiger partial charge < -0.3 is 10.1 Å². The van der Waals surface area contributed by atoms with Gasteiger partial charge in [0.25, 0.3) is 0 Å². The molecular weight excluding hydrogens is 264 g/mol. The van der Waals surface area contributed by atoms with Crippen molar-refractivity contribution < 1.29 is 4.74 Å². The Kier molecular flexibility index (Phi) is 4.27. The van der Waals surface area contributed by atoms with Crippen molar-refractivity contribution in [3.8, 4) is 6.07 Å². The summed E-state index contributed by atoms with van der Waals surface area (Å²) in [7, 11) is 0. The molecule has 1 fully saturated rings. The summed E-state index contributed by atoms with van der Waals surface area (Å²) in [6, 6.07) is 9.84. The first-order valence-electron chi connectivity index (χ1n) is 7.39. The standard InChI is InChI=1S/C16H18N4O/c17-11-15-16(13-6-1-2-7-14(13)19-20-15)18-9-8-12-5-3-4-10-21-12/h1-2,6-7,12H,3-5,8-10H2,(H,18,19). The number of aromatic nitrogens is 2. The second kappa shape index (κ2) is 6.51. The highest BCUT2D eigenvalue weighted by atomic mass is 16.5. The summed E-state index contributed by atoms with van der Waals surface area (Å²) in [5, 5.41) is 21.6. The third-order valence-electron chi connectivity index (χ3n) is 3.82. The number of ether oxygens (including phenoxy) is 1. The molecule has 0 bridgehead atoms. The van der Waals surface area contributed by atoms with E-state index in [1.54, 1.807) is 0 Å². The zero-order valence-electron chi connectivity index (χ0n) is 11.9. The van der Waals surface area contributed by atoms with Crippen LogP contribution in [0.3, 0.4) is 0 Å². The van der Waals surface area contributed by atoms with E-state index in [2.05, 4.69) is 21.6 Å². The van der Waals surface area contributed by atoms with E-state index in [-0.39, 0.29) is 0 Å². The van der Waals surface area contributed by atoms with Gasteiger partial charge in [-0.25, -0.2) is 0 Å². The van der Waals surface area contributed by atoms with Gasteiger partial charge in [-0.05, 0) is 31.7 Å². The molecular formula is C16H18N4O. The van der Waals surface area contributed by atoms with Crippen molar-refractivity contribution in [2.24, 2.45) is 0 Å². The molecule has 3 rings (SSSR count). The van der Waals surface area contributed by atoms with E-state index < -0.39 is 0 Å². The van der Waals surface area contributed by atoms with Crippen molar-refractivity contribution in [3.63, 3.8) is 0 Å². The molecule has 0 saturated carbocycles. The van der Waals surface area contributed by atoms with E-state index in [0.29, 0.717) is 11.8 Å². The van der Waals surface area contributed by atoms with Gasteiger partial charge in [0.05, 0.1) is 17.3 Å². The maximum atomic E-state index is 9.21. The van der Waals surface area contributed by atoms with Crippen LogP contribution in [-0.2, 0) is 4.74 Å². The summed E-state index contributed by atoms with van der Waals surface area (Å²) >= 11 is 0. The summed E-state index contributed by atoms with van der Waals surface area (Å²) in [5.41, 5.74) is 1.92. The van der Waals surface area contributed by atoms with Gasteiger partial charge in [0.1, 0.15) is 6.07 Å². The van der Waals surface area contributed by atoms with Crippen LogP contribution in [0.25, 0.3) is 10.9 Å². The molecule has 1 atom stereocenters. The molecule has 1 saturated heterocycles. The van der Waals surface area contributed by atoms with Gasteiger partial charge >= 0.3 is 0 Å². The van der Waals surface area contributed by atoms with Crippen LogP contribution in [0.5, 0.6) is 0 Å². The number of rotatable bonds is 4. The normalized spacial score (nSPS) is 18.3. The summed E-state index contributed by atoms with van der Waals surface area (Å²) in [4.78, 5) is 0. The van der Waals surface area contributed by atoms with E-state index in [4.69, 9.17) is 4.74 Å². The summed E-state index contributed by atoms with van der Waals surface area (Å²) < 4.78 is 5.73. The van der Waals surface area contributed by atoms with E-state index in [9.17, 15) is 5.26 Å². The Labute approximate surface area is 123 Å². The Bertz CT molecular complexity index is 659. The maximum Gasteiger partial charge on any atom is 0.186 e. The van der Waals surface area contributed by atoms with Gasteiger partial charge in [0.2, 0.25) is 0 Å². The van der Waals surface area contributed by atoms with Gasteiger partial charge in [-0.15, -0.1) is 10.2 Å². The minimum absolute atomic E-state index is 0.331. The van der Waals surface area contributed by atoms with Crippen LogP contribution in [0.15, 0.2) is 24.3 Å². The second-order valence-electron chi connectivity index (χ2n) is 5.26. The van der Waals surface area contributed by atoms with Gasteiger partial charge in [-0.1, -0.05) is 18.2 Å². The Morgan fingerprint density at radius 3 is 3.00 bits per heavy atom. The molecule has 21 heavy (non-hydrogen) atoms. The van der Waals surface area contributed by atoms with Crippen molar-refractivity contribution in [1.29, 1.82) is 5.26 Å². The number of nitrogens with zero attached hydrogens (tertiary/aromatic N) is 3. The van der Waals surface area contributed by atoms with Crippen molar-refractivity contribution in [2.75, 3.05) is 18.5 Å². The Morgan fingerprint density at radius 2 is 2.19 bits per heavy atom. The number of hydrogen-bond acceptors (Lipinski definition) is 5. The minimum atomic E-state index is 0.331. The number of nitrogens with one attached hydrogen (secondary N) is 1. The Hall–Kier alpha value is -2.19. The molecule has 2 aromatic rings. The number of anilines is 1. The van der Waals surface area contributed by atoms with Gasteiger partial charge in [0, 0.05) is 18.5 Å². The molecule has 1 aromatic heterocycles. The topological polar surface area (TPSA) is 70.8 Å². The molecule has 1 unspecified atom stereocenters. The van der Waals surface area contributed by atoms with Crippen LogP contribution < -0.4 is 5.32 Å². The van der Waals surface area contributed by atoms with Gasteiger partial charge in [-0.3, -0.25) is 0 Å². The Morgan fingerprint density at radius 1 is 1.29 bits per heavy atom. The molecule has 1 aromatic carbocycles. The second-order valence-corrected chi connectivity index (χ2v) is 5.26. The van der Waals surface area contributed by atoms with E-state index in [0.717, 1.165) is 42.6 Å². The molecule has 0 amide bonds. The van der Waals surface area contributed by atoms with Crippen LogP contribution in [0, 0.1) is 11.3 Å². The maximum absolute atomic E-state index is 9.21. The van der Waals surface area contributed by atoms with Crippen LogP contribution in [0.2, 0.25) is 0 Å². The monoisotopic (exact) mass is 282 g/mol. The van der Waals surface area contributed by atoms with Crippen molar-refractivity contribution >= 4 is 16.6 Å². The first-order valence-corrected chi connectivity index (χ1v) is 7.39. The average Bonchev–Trinajstić information content (AvgIpc) is 2.56. The lowest BCUT2D eigenvalue weighted by molar-refractivity contribution is 0.0134. The molecule has 5 nitrogen and oxygen atoms in total. The minimum Gasteiger partial charge on any atom is -0.382 e. The first-order chi connectivity index (χ1) is 10.4. The fraction of sp³-hybridized carbons (Fsp3) is 0.438. The fourth-order valence-corrected chi connectivity index (χ4v) is 2.70. The average molecular weight is 282 g/mol. The van der Waals surface area contributed by atoms with Crippen LogP contribution >= 0.6 is 0 Å².